The van der Waals surface area contributed by atoms with Crippen molar-refractivity contribution in [1.82, 2.24) is 5.06 Å². The summed E-state index contributed by atoms with van der Waals surface area (Å²) in [5.74, 6) is -2.98. The molecule has 1 saturated heterocycles. The van der Waals surface area contributed by atoms with Gasteiger partial charge in [0, 0.05) is 0 Å². The highest BCUT2D eigenvalue weighted by Gasteiger charge is 2.44. The Balaban J connectivity index is 2.42. The molecule has 68 valence electrons. The molecule has 0 bridgehead atoms. The van der Waals surface area contributed by atoms with Crippen LogP contribution >= 0.6 is 0 Å². The summed E-state index contributed by atoms with van der Waals surface area (Å²) in [6, 6.07) is 0. The van der Waals surface area contributed by atoms with Crippen LogP contribution in [-0.2, 0) is 14.4 Å². The van der Waals surface area contributed by atoms with Crippen molar-refractivity contribution in [3.8, 4) is 0 Å². The van der Waals surface area contributed by atoms with Crippen molar-refractivity contribution in [2.75, 3.05) is 6.54 Å². The molecule has 1 aliphatic heterocycles. The molecule has 0 aromatic heterocycles. The molecule has 12 heavy (non-hydrogen) atoms. The van der Waals surface area contributed by atoms with Crippen molar-refractivity contribution in [2.45, 2.75) is 12.6 Å². The van der Waals surface area contributed by atoms with Gasteiger partial charge in [-0.25, -0.2) is 4.79 Å². The summed E-state index contributed by atoms with van der Waals surface area (Å²) < 4.78 is 34.5. The van der Waals surface area contributed by atoms with E-state index in [1.165, 1.54) is 0 Å². The molecule has 0 spiro atoms. The third-order valence-electron chi connectivity index (χ3n) is 1.23. The number of nitrogens with zero attached hydrogens (tertiary/aromatic N) is 1. The summed E-state index contributed by atoms with van der Waals surface area (Å²) in [5.41, 5.74) is 0. The van der Waals surface area contributed by atoms with Crippen LogP contribution in [0.3, 0.4) is 0 Å². The molecule has 0 atom stereocenters. The molecular formula is C5H4F3NO3. The molecule has 1 aliphatic rings. The largest absolute Gasteiger partial charge is 0.493 e. The van der Waals surface area contributed by atoms with Crippen LogP contribution in [0.15, 0.2) is 0 Å². The van der Waals surface area contributed by atoms with Gasteiger partial charge in [0.15, 0.2) is 0 Å². The fourth-order valence-electron chi connectivity index (χ4n) is 0.543. The number of halogens is 3. The number of alkyl halides is 3. The van der Waals surface area contributed by atoms with Crippen LogP contribution in [0.1, 0.15) is 6.42 Å². The number of hydroxylamine groups is 2. The number of hydrogen-bond acceptors (Lipinski definition) is 3. The second-order valence-electron chi connectivity index (χ2n) is 2.12. The van der Waals surface area contributed by atoms with Gasteiger partial charge in [-0.2, -0.15) is 18.2 Å². The maximum Gasteiger partial charge on any atom is 0.493 e. The Bertz CT molecular complexity index is 224. The van der Waals surface area contributed by atoms with Gasteiger partial charge >= 0.3 is 12.1 Å². The lowest BCUT2D eigenvalue weighted by Gasteiger charge is -2.28. The number of carbonyl (C=O) groups excluding carboxylic acids is 2. The number of β-lactam (4-membered cyclic amide) rings is 1. The summed E-state index contributed by atoms with van der Waals surface area (Å²) in [4.78, 5) is 24.1. The van der Waals surface area contributed by atoms with Crippen molar-refractivity contribution in [3.05, 3.63) is 0 Å². The van der Waals surface area contributed by atoms with Gasteiger partial charge in [0.05, 0.1) is 13.0 Å². The first-order chi connectivity index (χ1) is 5.41. The number of carbonyl (C=O) groups is 2. The zero-order chi connectivity index (χ0) is 9.35. The predicted octanol–water partition coefficient (Wildman–Crippen LogP) is 0.239. The van der Waals surface area contributed by atoms with E-state index in [4.69, 9.17) is 0 Å². The second kappa shape index (κ2) is 2.65. The Morgan fingerprint density at radius 2 is 2.08 bits per heavy atom. The minimum absolute atomic E-state index is 0.0284. The van der Waals surface area contributed by atoms with Crippen molar-refractivity contribution in [3.63, 3.8) is 0 Å². The van der Waals surface area contributed by atoms with Crippen LogP contribution in [0.5, 0.6) is 0 Å². The normalized spacial score (nSPS) is 17.2. The van der Waals surface area contributed by atoms with Gasteiger partial charge in [-0.1, -0.05) is 0 Å². The Morgan fingerprint density at radius 3 is 2.33 bits per heavy atom. The van der Waals surface area contributed by atoms with E-state index in [0.29, 0.717) is 5.06 Å². The topological polar surface area (TPSA) is 46.6 Å². The zero-order valence-corrected chi connectivity index (χ0v) is 5.72. The number of amides is 1. The van der Waals surface area contributed by atoms with E-state index in [9.17, 15) is 22.8 Å². The lowest BCUT2D eigenvalue weighted by molar-refractivity contribution is -0.245. The predicted molar refractivity (Wildman–Crippen MR) is 28.5 cm³/mol. The lowest BCUT2D eigenvalue weighted by atomic mass is 10.3. The highest BCUT2D eigenvalue weighted by atomic mass is 19.4. The smallest absolute Gasteiger partial charge is 0.330 e. The molecule has 4 nitrogen and oxygen atoms in total. The first-order valence-corrected chi connectivity index (χ1v) is 3.01. The van der Waals surface area contributed by atoms with Crippen molar-refractivity contribution in [1.29, 1.82) is 0 Å². The average molecular weight is 183 g/mol. The summed E-state index contributed by atoms with van der Waals surface area (Å²) in [6.07, 6.45) is -4.93. The molecule has 0 aliphatic carbocycles. The fraction of sp³-hybridized carbons (Fsp3) is 0.600. The monoisotopic (exact) mass is 183 g/mol. The van der Waals surface area contributed by atoms with E-state index in [-0.39, 0.29) is 13.0 Å². The van der Waals surface area contributed by atoms with E-state index < -0.39 is 18.1 Å². The fourth-order valence-corrected chi connectivity index (χ4v) is 0.543. The van der Waals surface area contributed by atoms with Crippen LogP contribution < -0.4 is 0 Å². The van der Waals surface area contributed by atoms with Gasteiger partial charge in [-0.3, -0.25) is 4.79 Å². The summed E-state index contributed by atoms with van der Waals surface area (Å²) in [5, 5.41) is 0.385. The molecule has 1 fully saturated rings. The first kappa shape index (κ1) is 8.82. The summed E-state index contributed by atoms with van der Waals surface area (Å²) in [7, 11) is 0. The summed E-state index contributed by atoms with van der Waals surface area (Å²) >= 11 is 0. The minimum Gasteiger partial charge on any atom is -0.330 e. The van der Waals surface area contributed by atoms with Gasteiger partial charge < -0.3 is 4.84 Å². The van der Waals surface area contributed by atoms with Crippen molar-refractivity contribution < 1.29 is 27.6 Å². The van der Waals surface area contributed by atoms with Crippen LogP contribution in [0.25, 0.3) is 0 Å². The Kier molecular flexibility index (Phi) is 1.95. The molecule has 7 heteroatoms. The Morgan fingerprint density at radius 1 is 1.50 bits per heavy atom. The van der Waals surface area contributed by atoms with Gasteiger partial charge in [0.2, 0.25) is 0 Å². The van der Waals surface area contributed by atoms with E-state index in [1.807, 2.05) is 0 Å². The molecule has 1 heterocycles. The van der Waals surface area contributed by atoms with Gasteiger partial charge in [-0.05, 0) is 0 Å². The van der Waals surface area contributed by atoms with Crippen molar-refractivity contribution >= 4 is 11.9 Å². The van der Waals surface area contributed by atoms with Crippen LogP contribution in [0.2, 0.25) is 0 Å². The molecule has 0 N–H and O–H groups in total. The van der Waals surface area contributed by atoms with E-state index in [1.54, 1.807) is 0 Å². The molecule has 0 aromatic rings. The average Bonchev–Trinajstić information content (AvgIpc) is 1.95. The molecule has 0 saturated carbocycles. The Hall–Kier alpha value is -1.27. The number of rotatable bonds is 1. The van der Waals surface area contributed by atoms with Gasteiger partial charge in [0.25, 0.3) is 5.91 Å². The molecule has 0 radical (unpaired) electrons. The molecular weight excluding hydrogens is 179 g/mol. The number of hydrogen-bond donors (Lipinski definition) is 0. The first-order valence-electron chi connectivity index (χ1n) is 3.01. The highest BCUT2D eigenvalue weighted by Crippen LogP contribution is 2.19. The van der Waals surface area contributed by atoms with Crippen LogP contribution in [0, 0.1) is 0 Å². The third kappa shape index (κ3) is 1.66. The zero-order valence-electron chi connectivity index (χ0n) is 5.72. The molecule has 0 aromatic carbocycles. The van der Waals surface area contributed by atoms with Crippen molar-refractivity contribution in [2.24, 2.45) is 0 Å². The summed E-state index contributed by atoms with van der Waals surface area (Å²) in [6.45, 7) is 0.0284. The van der Waals surface area contributed by atoms with E-state index in [0.717, 1.165) is 0 Å². The Labute approximate surface area is 64.8 Å². The lowest BCUT2D eigenvalue weighted by Crippen LogP contribution is -2.46. The van der Waals surface area contributed by atoms with E-state index in [2.05, 4.69) is 4.84 Å². The molecule has 1 amide bonds. The van der Waals surface area contributed by atoms with Gasteiger partial charge in [0.1, 0.15) is 0 Å². The molecule has 0 unspecified atom stereocenters. The van der Waals surface area contributed by atoms with Crippen LogP contribution in [0.4, 0.5) is 13.2 Å². The second-order valence-corrected chi connectivity index (χ2v) is 2.12. The maximum absolute atomic E-state index is 11.5. The SMILES string of the molecule is O=C1CCN1OC(=O)C(F)(F)F. The van der Waals surface area contributed by atoms with E-state index >= 15 is 0 Å². The third-order valence-corrected chi connectivity index (χ3v) is 1.23. The van der Waals surface area contributed by atoms with Gasteiger partial charge in [-0.15, -0.1) is 0 Å². The maximum atomic E-state index is 11.5. The quantitative estimate of drug-likeness (QED) is 0.547. The molecule has 1 rings (SSSR count). The minimum atomic E-state index is -5.05. The standard InChI is InChI=1S/C5H4F3NO3/c6-5(7,8)4(11)12-9-2-1-3(9)10/h1-2H2. The van der Waals surface area contributed by atoms with Crippen LogP contribution in [-0.4, -0.2) is 29.7 Å². The highest BCUT2D eigenvalue weighted by molar-refractivity contribution is 5.83.